The normalized spacial score (nSPS) is 15.8. The molecule has 11 nitrogen and oxygen atoms in total. The summed E-state index contributed by atoms with van der Waals surface area (Å²) in [7, 11) is -3.44. The summed E-state index contributed by atoms with van der Waals surface area (Å²) in [6.45, 7) is 4.67. The molecule has 0 bridgehead atoms. The maximum absolute atomic E-state index is 13.0. The van der Waals surface area contributed by atoms with Crippen LogP contribution in [0.25, 0.3) is 16.5 Å². The SMILES string of the molecule is CS(=O)(=O)c1cccc(NC(=O)NC2=CC=C(c3ccnc4cc(OCCCN5CCOCC5)c(C#N)cc34)CC2=O)c1. The number of fused-ring (bicyclic) bond motifs is 1. The lowest BCUT2D eigenvalue weighted by Crippen LogP contribution is -2.37. The van der Waals surface area contributed by atoms with E-state index in [9.17, 15) is 23.3 Å². The van der Waals surface area contributed by atoms with E-state index < -0.39 is 15.9 Å². The Labute approximate surface area is 249 Å². The number of hydrogen-bond donors (Lipinski definition) is 2. The number of carbonyl (C=O) groups is 2. The molecule has 2 aliphatic rings. The minimum atomic E-state index is -3.44. The molecular weight excluding hydrogens is 570 g/mol. The van der Waals surface area contributed by atoms with E-state index in [1.165, 1.54) is 24.3 Å². The minimum absolute atomic E-state index is 0.0243. The summed E-state index contributed by atoms with van der Waals surface area (Å²) in [4.78, 5) is 32.4. The highest BCUT2D eigenvalue weighted by Gasteiger charge is 2.21. The third kappa shape index (κ3) is 7.45. The van der Waals surface area contributed by atoms with Crippen molar-refractivity contribution < 1.29 is 27.5 Å². The number of anilines is 1. The number of benzene rings is 2. The van der Waals surface area contributed by atoms with Gasteiger partial charge in [0.1, 0.15) is 11.8 Å². The van der Waals surface area contributed by atoms with Gasteiger partial charge in [0.25, 0.3) is 0 Å². The zero-order chi connectivity index (χ0) is 30.4. The number of morpholine rings is 1. The van der Waals surface area contributed by atoms with Gasteiger partial charge in [-0.3, -0.25) is 14.7 Å². The Bertz CT molecular complexity index is 1770. The Morgan fingerprint density at radius 3 is 2.70 bits per heavy atom. The number of nitriles is 1. The van der Waals surface area contributed by atoms with Crippen LogP contribution < -0.4 is 15.4 Å². The predicted octanol–water partition coefficient (Wildman–Crippen LogP) is 3.67. The predicted molar refractivity (Wildman–Crippen MR) is 161 cm³/mol. The van der Waals surface area contributed by atoms with Crippen molar-refractivity contribution in [2.75, 3.05) is 51.0 Å². The van der Waals surface area contributed by atoms with Gasteiger partial charge in [0, 0.05) is 55.6 Å². The van der Waals surface area contributed by atoms with Gasteiger partial charge < -0.3 is 20.1 Å². The number of rotatable bonds is 9. The maximum atomic E-state index is 13.0. The third-order valence-electron chi connectivity index (χ3n) is 7.16. The van der Waals surface area contributed by atoms with E-state index in [-0.39, 0.29) is 28.5 Å². The quantitative estimate of drug-likeness (QED) is 0.350. The van der Waals surface area contributed by atoms with Crippen LogP contribution in [0.3, 0.4) is 0 Å². The second-order valence-electron chi connectivity index (χ2n) is 10.2. The number of pyridine rings is 1. The molecule has 1 aliphatic heterocycles. The molecule has 0 spiro atoms. The number of sulfone groups is 1. The first-order chi connectivity index (χ1) is 20.7. The molecule has 2 N–H and O–H groups in total. The topological polar surface area (TPSA) is 151 Å². The molecule has 43 heavy (non-hydrogen) atoms. The van der Waals surface area contributed by atoms with E-state index in [1.807, 2.05) is 0 Å². The molecule has 1 saturated heterocycles. The standard InChI is InChI=1S/C31H31N5O6S/c1-43(39,40)24-5-2-4-23(18-24)34-31(38)35-27-7-6-21(17-29(27)37)25-8-9-33-28-19-30(22(20-32)16-26(25)28)42-13-3-10-36-11-14-41-15-12-36/h2,4-9,16,18-19H,3,10-15,17H2,1H3,(H2,34,35,38). The van der Waals surface area contributed by atoms with Crippen LogP contribution in [-0.4, -0.2) is 75.8 Å². The lowest BCUT2D eigenvalue weighted by atomic mass is 9.92. The average Bonchev–Trinajstić information content (AvgIpc) is 3.00. The number of ether oxygens (including phenoxy) is 2. The molecule has 1 fully saturated rings. The van der Waals surface area contributed by atoms with Gasteiger partial charge in [0.2, 0.25) is 0 Å². The Kier molecular flexibility index (Phi) is 9.16. The fraction of sp³-hybridized carbons (Fsp3) is 0.290. The molecule has 0 unspecified atom stereocenters. The van der Waals surface area contributed by atoms with Crippen molar-refractivity contribution in [1.29, 1.82) is 5.26 Å². The number of nitrogens with one attached hydrogen (secondary N) is 2. The van der Waals surface area contributed by atoms with Gasteiger partial charge >= 0.3 is 6.03 Å². The van der Waals surface area contributed by atoms with Gasteiger partial charge in [0.05, 0.1) is 41.5 Å². The zero-order valence-corrected chi connectivity index (χ0v) is 24.4. The van der Waals surface area contributed by atoms with Crippen LogP contribution in [0.1, 0.15) is 24.0 Å². The summed E-state index contributed by atoms with van der Waals surface area (Å²) >= 11 is 0. The number of Topliss-reactive ketones (excluding diaryl/α,β-unsaturated/α-hetero) is 1. The summed E-state index contributed by atoms with van der Waals surface area (Å²) in [5, 5.41) is 15.6. The first-order valence-corrected chi connectivity index (χ1v) is 15.7. The largest absolute Gasteiger partial charge is 0.492 e. The highest BCUT2D eigenvalue weighted by molar-refractivity contribution is 7.90. The van der Waals surface area contributed by atoms with Crippen molar-refractivity contribution in [3.05, 3.63) is 77.6 Å². The molecular formula is C31H31N5O6S. The van der Waals surface area contributed by atoms with Crippen LogP contribution in [0, 0.1) is 11.3 Å². The van der Waals surface area contributed by atoms with Crippen molar-refractivity contribution in [1.82, 2.24) is 15.2 Å². The van der Waals surface area contributed by atoms with Crippen LogP contribution in [0.5, 0.6) is 5.75 Å². The van der Waals surface area contributed by atoms with E-state index in [1.54, 1.807) is 36.5 Å². The number of aromatic nitrogens is 1. The van der Waals surface area contributed by atoms with Crippen LogP contribution in [0.15, 0.2) is 71.4 Å². The number of urea groups is 1. The first kappa shape index (κ1) is 29.9. The van der Waals surface area contributed by atoms with Gasteiger partial charge in [-0.05, 0) is 54.0 Å². The average molecular weight is 602 g/mol. The fourth-order valence-corrected chi connectivity index (χ4v) is 5.61. The van der Waals surface area contributed by atoms with Crippen molar-refractivity contribution in [3.8, 4) is 11.8 Å². The van der Waals surface area contributed by atoms with Crippen molar-refractivity contribution in [3.63, 3.8) is 0 Å². The Balaban J connectivity index is 1.28. The molecule has 222 valence electrons. The lowest BCUT2D eigenvalue weighted by molar-refractivity contribution is -0.115. The zero-order valence-electron chi connectivity index (χ0n) is 23.6. The van der Waals surface area contributed by atoms with Gasteiger partial charge in [-0.25, -0.2) is 13.2 Å². The molecule has 12 heteroatoms. The Morgan fingerprint density at radius 2 is 1.95 bits per heavy atom. The van der Waals surface area contributed by atoms with Gasteiger partial charge in [-0.2, -0.15) is 5.26 Å². The van der Waals surface area contributed by atoms with E-state index in [0.717, 1.165) is 51.1 Å². The maximum Gasteiger partial charge on any atom is 0.323 e. The minimum Gasteiger partial charge on any atom is -0.492 e. The summed E-state index contributed by atoms with van der Waals surface area (Å²) < 4.78 is 34.9. The van der Waals surface area contributed by atoms with Crippen molar-refractivity contribution >= 4 is 43.8 Å². The summed E-state index contributed by atoms with van der Waals surface area (Å²) in [5.74, 6) is 0.165. The molecule has 2 heterocycles. The van der Waals surface area contributed by atoms with Crippen LogP contribution in [0.2, 0.25) is 0 Å². The third-order valence-corrected chi connectivity index (χ3v) is 8.27. The van der Waals surface area contributed by atoms with Crippen molar-refractivity contribution in [2.24, 2.45) is 0 Å². The number of nitrogens with zero attached hydrogens (tertiary/aromatic N) is 3. The Morgan fingerprint density at radius 1 is 1.14 bits per heavy atom. The van der Waals surface area contributed by atoms with Crippen LogP contribution in [0.4, 0.5) is 10.5 Å². The molecule has 3 aromatic rings. The molecule has 2 amide bonds. The summed E-state index contributed by atoms with van der Waals surface area (Å²) in [6.07, 6.45) is 6.84. The molecule has 5 rings (SSSR count). The second-order valence-corrected chi connectivity index (χ2v) is 12.3. The number of ketones is 1. The van der Waals surface area contributed by atoms with E-state index >= 15 is 0 Å². The van der Waals surface area contributed by atoms with Crippen molar-refractivity contribution in [2.45, 2.75) is 17.7 Å². The number of hydrogen-bond acceptors (Lipinski definition) is 9. The van der Waals surface area contributed by atoms with Gasteiger partial charge in [0.15, 0.2) is 15.6 Å². The molecule has 0 radical (unpaired) electrons. The first-order valence-electron chi connectivity index (χ1n) is 13.8. The molecule has 1 aliphatic carbocycles. The van der Waals surface area contributed by atoms with Gasteiger partial charge in [-0.15, -0.1) is 0 Å². The van der Waals surface area contributed by atoms with Crippen LogP contribution in [-0.2, 0) is 19.4 Å². The highest BCUT2D eigenvalue weighted by atomic mass is 32.2. The highest BCUT2D eigenvalue weighted by Crippen LogP contribution is 2.33. The molecule has 1 aromatic heterocycles. The second kappa shape index (κ2) is 13.2. The fourth-order valence-electron chi connectivity index (χ4n) is 4.94. The van der Waals surface area contributed by atoms with E-state index in [2.05, 4.69) is 26.6 Å². The smallest absolute Gasteiger partial charge is 0.323 e. The van der Waals surface area contributed by atoms with Crippen LogP contribution >= 0.6 is 0 Å². The molecule has 0 atom stereocenters. The molecule has 0 saturated carbocycles. The monoisotopic (exact) mass is 601 g/mol. The number of allylic oxidation sites excluding steroid dienone is 4. The summed E-state index contributed by atoms with van der Waals surface area (Å²) in [6, 6.07) is 12.7. The van der Waals surface area contributed by atoms with Gasteiger partial charge in [-0.1, -0.05) is 12.1 Å². The van der Waals surface area contributed by atoms with E-state index in [4.69, 9.17) is 9.47 Å². The number of carbonyl (C=O) groups excluding carboxylic acids is 2. The molecule has 2 aromatic carbocycles. The summed E-state index contributed by atoms with van der Waals surface area (Å²) in [5.41, 5.74) is 2.86. The number of amides is 2. The lowest BCUT2D eigenvalue weighted by Gasteiger charge is -2.26. The Hall–Kier alpha value is -4.57. The van der Waals surface area contributed by atoms with E-state index in [0.29, 0.717) is 34.4 Å².